The summed E-state index contributed by atoms with van der Waals surface area (Å²) < 4.78 is 40.5. The Labute approximate surface area is 162 Å². The summed E-state index contributed by atoms with van der Waals surface area (Å²) in [6, 6.07) is 7.41. The van der Waals surface area contributed by atoms with Crippen molar-refractivity contribution in [3.05, 3.63) is 53.1 Å². The summed E-state index contributed by atoms with van der Waals surface area (Å²) in [4.78, 5) is 16.2. The van der Waals surface area contributed by atoms with E-state index in [-0.39, 0.29) is 40.7 Å². The number of amides is 1. The average molecular weight is 412 g/mol. The van der Waals surface area contributed by atoms with E-state index in [4.69, 9.17) is 11.6 Å². The van der Waals surface area contributed by atoms with Gasteiger partial charge in [-0.2, -0.15) is 4.31 Å². The van der Waals surface area contributed by atoms with Crippen molar-refractivity contribution in [1.29, 1.82) is 0 Å². The third-order valence-corrected chi connectivity index (χ3v) is 6.89. The Balaban J connectivity index is 1.66. The molecule has 0 bridgehead atoms. The van der Waals surface area contributed by atoms with Gasteiger partial charge in [0.1, 0.15) is 15.9 Å². The second kappa shape index (κ2) is 7.92. The average Bonchev–Trinajstić information content (AvgIpc) is 2.65. The van der Waals surface area contributed by atoms with Gasteiger partial charge < -0.3 is 5.32 Å². The van der Waals surface area contributed by atoms with Crippen molar-refractivity contribution in [2.24, 2.45) is 5.92 Å². The standard InChI is InChI=1S/C18H19ClFN3O3S/c1-12-4-5-14(20)15(11-12)22-18(24)13-6-9-23(10-7-13)27(25,26)16-3-2-8-21-17(16)19/h2-5,8,11,13H,6-7,9-10H2,1H3,(H,22,24). The van der Waals surface area contributed by atoms with Crippen LogP contribution in [0.15, 0.2) is 41.4 Å². The van der Waals surface area contributed by atoms with Crippen LogP contribution in [-0.4, -0.2) is 36.7 Å². The summed E-state index contributed by atoms with van der Waals surface area (Å²) in [5.41, 5.74) is 0.971. The van der Waals surface area contributed by atoms with Gasteiger partial charge in [0.15, 0.2) is 0 Å². The molecule has 1 aliphatic rings. The van der Waals surface area contributed by atoms with E-state index < -0.39 is 15.8 Å². The molecule has 9 heteroatoms. The molecule has 144 valence electrons. The highest BCUT2D eigenvalue weighted by molar-refractivity contribution is 7.89. The summed E-state index contributed by atoms with van der Waals surface area (Å²) in [5, 5.41) is 2.53. The Hall–Kier alpha value is -2.03. The lowest BCUT2D eigenvalue weighted by Crippen LogP contribution is -2.41. The molecule has 6 nitrogen and oxygen atoms in total. The van der Waals surface area contributed by atoms with Gasteiger partial charge in [0.05, 0.1) is 5.69 Å². The maximum atomic E-state index is 13.8. The molecular weight excluding hydrogens is 393 g/mol. The highest BCUT2D eigenvalue weighted by atomic mass is 35.5. The summed E-state index contributed by atoms with van der Waals surface area (Å²) in [5.74, 6) is -1.20. The Kier molecular flexibility index (Phi) is 5.78. The van der Waals surface area contributed by atoms with Crippen LogP contribution in [0.5, 0.6) is 0 Å². The van der Waals surface area contributed by atoms with Crippen molar-refractivity contribution in [2.75, 3.05) is 18.4 Å². The van der Waals surface area contributed by atoms with Gasteiger partial charge in [0.2, 0.25) is 15.9 Å². The highest BCUT2D eigenvalue weighted by Gasteiger charge is 2.33. The van der Waals surface area contributed by atoms with Crippen LogP contribution in [0.25, 0.3) is 0 Å². The summed E-state index contributed by atoms with van der Waals surface area (Å²) in [6.07, 6.45) is 2.11. The second-order valence-corrected chi connectivity index (χ2v) is 8.71. The number of pyridine rings is 1. The smallest absolute Gasteiger partial charge is 0.246 e. The quantitative estimate of drug-likeness (QED) is 0.783. The van der Waals surface area contributed by atoms with Gasteiger partial charge in [-0.3, -0.25) is 4.79 Å². The predicted octanol–water partition coefficient (Wildman–Crippen LogP) is 3.22. The number of benzene rings is 1. The van der Waals surface area contributed by atoms with Crippen molar-refractivity contribution in [2.45, 2.75) is 24.7 Å². The minimum absolute atomic E-state index is 0.0450. The lowest BCUT2D eigenvalue weighted by molar-refractivity contribution is -0.120. The zero-order valence-electron chi connectivity index (χ0n) is 14.7. The van der Waals surface area contributed by atoms with Gasteiger partial charge in [0.25, 0.3) is 0 Å². The second-order valence-electron chi connectivity index (χ2n) is 6.44. The molecule has 0 unspecified atom stereocenters. The maximum absolute atomic E-state index is 13.8. The fourth-order valence-corrected chi connectivity index (χ4v) is 4.93. The molecule has 0 aliphatic carbocycles. The van der Waals surface area contributed by atoms with E-state index in [1.54, 1.807) is 12.1 Å². The number of nitrogens with one attached hydrogen (secondary N) is 1. The van der Waals surface area contributed by atoms with Crippen LogP contribution in [-0.2, 0) is 14.8 Å². The van der Waals surface area contributed by atoms with Crippen LogP contribution in [0.2, 0.25) is 5.15 Å². The number of aryl methyl sites for hydroxylation is 1. The molecule has 0 spiro atoms. The molecule has 0 radical (unpaired) electrons. The zero-order chi connectivity index (χ0) is 19.6. The van der Waals surface area contributed by atoms with Crippen molar-refractivity contribution in [3.8, 4) is 0 Å². The van der Waals surface area contributed by atoms with Crippen molar-refractivity contribution in [3.63, 3.8) is 0 Å². The van der Waals surface area contributed by atoms with Crippen LogP contribution in [0.1, 0.15) is 18.4 Å². The molecule has 1 aromatic heterocycles. The summed E-state index contributed by atoms with van der Waals surface area (Å²) in [7, 11) is -3.77. The first-order valence-electron chi connectivity index (χ1n) is 8.46. The van der Waals surface area contributed by atoms with Crippen LogP contribution < -0.4 is 5.32 Å². The molecule has 1 fully saturated rings. The molecule has 2 heterocycles. The van der Waals surface area contributed by atoms with E-state index in [0.717, 1.165) is 5.56 Å². The lowest BCUT2D eigenvalue weighted by Gasteiger charge is -2.30. The Bertz CT molecular complexity index is 960. The summed E-state index contributed by atoms with van der Waals surface area (Å²) in [6.45, 7) is 2.17. The molecule has 1 amide bonds. The van der Waals surface area contributed by atoms with Gasteiger partial charge in [-0.15, -0.1) is 0 Å². The van der Waals surface area contributed by atoms with E-state index in [1.807, 2.05) is 6.92 Å². The van der Waals surface area contributed by atoms with E-state index >= 15 is 0 Å². The Morgan fingerprint density at radius 2 is 2.00 bits per heavy atom. The minimum atomic E-state index is -3.77. The van der Waals surface area contributed by atoms with Crippen LogP contribution in [0, 0.1) is 18.7 Å². The van der Waals surface area contributed by atoms with E-state index in [9.17, 15) is 17.6 Å². The van der Waals surface area contributed by atoms with Crippen LogP contribution >= 0.6 is 11.6 Å². The van der Waals surface area contributed by atoms with Gasteiger partial charge >= 0.3 is 0 Å². The number of carbonyl (C=O) groups excluding carboxylic acids is 1. The number of aromatic nitrogens is 1. The van der Waals surface area contributed by atoms with Gasteiger partial charge in [-0.1, -0.05) is 17.7 Å². The molecule has 3 rings (SSSR count). The molecule has 27 heavy (non-hydrogen) atoms. The van der Waals surface area contributed by atoms with Gasteiger partial charge in [-0.25, -0.2) is 17.8 Å². The number of hydrogen-bond donors (Lipinski definition) is 1. The minimum Gasteiger partial charge on any atom is -0.323 e. The fourth-order valence-electron chi connectivity index (χ4n) is 3.03. The molecular formula is C18H19ClFN3O3S. The normalized spacial score (nSPS) is 16.3. The zero-order valence-corrected chi connectivity index (χ0v) is 16.2. The SMILES string of the molecule is Cc1ccc(F)c(NC(=O)C2CCN(S(=O)(=O)c3cccnc3Cl)CC2)c1. The Morgan fingerprint density at radius 1 is 1.30 bits per heavy atom. The first-order chi connectivity index (χ1) is 12.8. The third-order valence-electron chi connectivity index (χ3n) is 4.55. The number of halogens is 2. The number of hydrogen-bond acceptors (Lipinski definition) is 4. The lowest BCUT2D eigenvalue weighted by atomic mass is 9.97. The number of rotatable bonds is 4. The number of sulfonamides is 1. The fraction of sp³-hybridized carbons (Fsp3) is 0.333. The van der Waals surface area contributed by atoms with Gasteiger partial charge in [0, 0.05) is 25.2 Å². The molecule has 1 N–H and O–H groups in total. The Morgan fingerprint density at radius 3 is 2.67 bits per heavy atom. The monoisotopic (exact) mass is 411 g/mol. The van der Waals surface area contributed by atoms with Crippen LogP contribution in [0.4, 0.5) is 10.1 Å². The molecule has 1 aromatic carbocycles. The number of carbonyl (C=O) groups is 1. The molecule has 0 saturated carbocycles. The van der Waals surface area contributed by atoms with E-state index in [1.165, 1.54) is 28.7 Å². The first kappa shape index (κ1) is 19.7. The number of anilines is 1. The van der Waals surface area contributed by atoms with Gasteiger partial charge in [-0.05, 0) is 49.6 Å². The predicted molar refractivity (Wildman–Crippen MR) is 100 cm³/mol. The maximum Gasteiger partial charge on any atom is 0.246 e. The summed E-state index contributed by atoms with van der Waals surface area (Å²) >= 11 is 5.91. The molecule has 0 atom stereocenters. The molecule has 2 aromatic rings. The first-order valence-corrected chi connectivity index (χ1v) is 10.3. The topological polar surface area (TPSA) is 79.4 Å². The van der Waals surface area contributed by atoms with E-state index in [2.05, 4.69) is 10.3 Å². The van der Waals surface area contributed by atoms with Crippen molar-refractivity contribution >= 4 is 33.2 Å². The van der Waals surface area contributed by atoms with E-state index in [0.29, 0.717) is 12.8 Å². The highest BCUT2D eigenvalue weighted by Crippen LogP contribution is 2.28. The van der Waals surface area contributed by atoms with Crippen molar-refractivity contribution < 1.29 is 17.6 Å². The largest absolute Gasteiger partial charge is 0.323 e. The molecule has 1 saturated heterocycles. The third kappa shape index (κ3) is 4.28. The number of nitrogens with zero attached hydrogens (tertiary/aromatic N) is 2. The van der Waals surface area contributed by atoms with Crippen molar-refractivity contribution in [1.82, 2.24) is 9.29 Å². The number of piperidine rings is 1. The van der Waals surface area contributed by atoms with Crippen LogP contribution in [0.3, 0.4) is 0 Å². The molecule has 1 aliphatic heterocycles.